The molecule has 0 spiro atoms. The summed E-state index contributed by atoms with van der Waals surface area (Å²) in [4.78, 5) is 4.08. The van der Waals surface area contributed by atoms with E-state index >= 15 is 0 Å². The lowest BCUT2D eigenvalue weighted by Crippen LogP contribution is -2.35. The average Bonchev–Trinajstić information content (AvgIpc) is 2.38. The molecule has 16 heavy (non-hydrogen) atoms. The molecular weight excluding hydrogens is 216 g/mol. The molecule has 2 heterocycles. The third kappa shape index (κ3) is 3.22. The quantitative estimate of drug-likeness (QED) is 0.870. The van der Waals surface area contributed by atoms with Crippen LogP contribution in [0, 0.1) is 0 Å². The Hall–Kier alpha value is -0.540. The summed E-state index contributed by atoms with van der Waals surface area (Å²) in [5.74, 6) is 2.62. The van der Waals surface area contributed by atoms with Crippen LogP contribution in [-0.4, -0.2) is 22.5 Å². The molecule has 0 aliphatic carbocycles. The predicted octanol–water partition coefficient (Wildman–Crippen LogP) is 3.02. The summed E-state index contributed by atoms with van der Waals surface area (Å²) in [5.41, 5.74) is 1.37. The van der Waals surface area contributed by atoms with Crippen molar-refractivity contribution in [2.45, 2.75) is 38.3 Å². The van der Waals surface area contributed by atoms with Gasteiger partial charge in [-0.05, 0) is 48.5 Å². The van der Waals surface area contributed by atoms with Crippen molar-refractivity contribution in [1.29, 1.82) is 0 Å². The summed E-state index contributed by atoms with van der Waals surface area (Å²) in [6.45, 7) is 2.25. The molecule has 1 fully saturated rings. The minimum atomic E-state index is 0.496. The maximum atomic E-state index is 4.08. The SMILES string of the molecule is CCC(NC1CCSCC1)c1ccncc1. The lowest BCUT2D eigenvalue weighted by atomic mass is 10.0. The Morgan fingerprint density at radius 3 is 2.69 bits per heavy atom. The molecule has 1 aromatic rings. The van der Waals surface area contributed by atoms with E-state index in [1.807, 2.05) is 12.4 Å². The van der Waals surface area contributed by atoms with E-state index in [0.29, 0.717) is 12.1 Å². The van der Waals surface area contributed by atoms with Crippen LogP contribution in [0.1, 0.15) is 37.8 Å². The van der Waals surface area contributed by atoms with Gasteiger partial charge in [0.1, 0.15) is 0 Å². The van der Waals surface area contributed by atoms with Crippen LogP contribution in [-0.2, 0) is 0 Å². The Morgan fingerprint density at radius 1 is 1.38 bits per heavy atom. The van der Waals surface area contributed by atoms with Gasteiger partial charge in [-0.3, -0.25) is 4.98 Å². The molecule has 3 heteroatoms. The second kappa shape index (κ2) is 6.26. The van der Waals surface area contributed by atoms with E-state index in [1.165, 1.54) is 29.9 Å². The van der Waals surface area contributed by atoms with Crippen molar-refractivity contribution >= 4 is 11.8 Å². The molecule has 1 aliphatic rings. The average molecular weight is 236 g/mol. The fourth-order valence-corrected chi connectivity index (χ4v) is 3.30. The van der Waals surface area contributed by atoms with Crippen molar-refractivity contribution < 1.29 is 0 Å². The van der Waals surface area contributed by atoms with Crippen LogP contribution in [0.2, 0.25) is 0 Å². The minimum absolute atomic E-state index is 0.496. The molecule has 1 unspecified atom stereocenters. The number of nitrogens with one attached hydrogen (secondary N) is 1. The predicted molar refractivity (Wildman–Crippen MR) is 70.8 cm³/mol. The number of hydrogen-bond acceptors (Lipinski definition) is 3. The van der Waals surface area contributed by atoms with Gasteiger partial charge in [0.15, 0.2) is 0 Å². The standard InChI is InChI=1S/C13H20N2S/c1-2-13(11-3-7-14-8-4-11)15-12-5-9-16-10-6-12/h3-4,7-8,12-13,15H,2,5-6,9-10H2,1H3. The monoisotopic (exact) mass is 236 g/mol. The zero-order valence-corrected chi connectivity index (χ0v) is 10.7. The molecule has 1 aromatic heterocycles. The molecule has 0 bridgehead atoms. The van der Waals surface area contributed by atoms with Crippen molar-refractivity contribution in [2.24, 2.45) is 0 Å². The number of hydrogen-bond donors (Lipinski definition) is 1. The second-order valence-corrected chi connectivity index (χ2v) is 5.52. The van der Waals surface area contributed by atoms with Crippen LogP contribution >= 0.6 is 11.8 Å². The van der Waals surface area contributed by atoms with Crippen molar-refractivity contribution in [3.63, 3.8) is 0 Å². The Kier molecular flexibility index (Phi) is 4.67. The molecular formula is C13H20N2S. The lowest BCUT2D eigenvalue weighted by Gasteiger charge is -2.28. The normalized spacial score (nSPS) is 19.6. The zero-order valence-electron chi connectivity index (χ0n) is 9.86. The molecule has 0 radical (unpaired) electrons. The Bertz CT molecular complexity index is 296. The summed E-state index contributed by atoms with van der Waals surface area (Å²) in [6, 6.07) is 5.45. The van der Waals surface area contributed by atoms with Crippen LogP contribution in [0.15, 0.2) is 24.5 Å². The molecule has 1 aliphatic heterocycles. The second-order valence-electron chi connectivity index (χ2n) is 4.29. The first-order chi connectivity index (χ1) is 7.90. The third-order valence-electron chi connectivity index (χ3n) is 3.17. The van der Waals surface area contributed by atoms with Crippen LogP contribution in [0.3, 0.4) is 0 Å². The fourth-order valence-electron chi connectivity index (χ4n) is 2.19. The van der Waals surface area contributed by atoms with Gasteiger partial charge >= 0.3 is 0 Å². The number of aromatic nitrogens is 1. The molecule has 2 rings (SSSR count). The molecule has 0 aromatic carbocycles. The first-order valence-corrected chi connectivity index (χ1v) is 7.29. The van der Waals surface area contributed by atoms with Gasteiger partial charge in [0.2, 0.25) is 0 Å². The minimum Gasteiger partial charge on any atom is -0.307 e. The maximum Gasteiger partial charge on any atom is 0.0321 e. The highest BCUT2D eigenvalue weighted by molar-refractivity contribution is 7.99. The highest BCUT2D eigenvalue weighted by Gasteiger charge is 2.17. The lowest BCUT2D eigenvalue weighted by molar-refractivity contribution is 0.406. The molecule has 0 amide bonds. The van der Waals surface area contributed by atoms with E-state index in [9.17, 15) is 0 Å². The van der Waals surface area contributed by atoms with E-state index in [1.54, 1.807) is 0 Å². The van der Waals surface area contributed by atoms with Crippen molar-refractivity contribution in [2.75, 3.05) is 11.5 Å². The van der Waals surface area contributed by atoms with Gasteiger partial charge in [-0.1, -0.05) is 6.92 Å². The smallest absolute Gasteiger partial charge is 0.0321 e. The van der Waals surface area contributed by atoms with Gasteiger partial charge in [-0.25, -0.2) is 0 Å². The van der Waals surface area contributed by atoms with Crippen molar-refractivity contribution in [1.82, 2.24) is 10.3 Å². The fraction of sp³-hybridized carbons (Fsp3) is 0.615. The summed E-state index contributed by atoms with van der Waals surface area (Å²) in [6.07, 6.45) is 7.54. The van der Waals surface area contributed by atoms with Crippen LogP contribution in [0.5, 0.6) is 0 Å². The molecule has 2 nitrogen and oxygen atoms in total. The molecule has 1 atom stereocenters. The summed E-state index contributed by atoms with van der Waals surface area (Å²) >= 11 is 2.08. The van der Waals surface area contributed by atoms with Crippen molar-refractivity contribution in [3.8, 4) is 0 Å². The summed E-state index contributed by atoms with van der Waals surface area (Å²) in [5, 5.41) is 3.78. The highest BCUT2D eigenvalue weighted by atomic mass is 32.2. The molecule has 1 N–H and O–H groups in total. The summed E-state index contributed by atoms with van der Waals surface area (Å²) in [7, 11) is 0. The number of thioether (sulfide) groups is 1. The van der Waals surface area contributed by atoms with Crippen LogP contribution in [0.25, 0.3) is 0 Å². The van der Waals surface area contributed by atoms with Gasteiger partial charge in [0, 0.05) is 24.5 Å². The van der Waals surface area contributed by atoms with Gasteiger partial charge in [-0.15, -0.1) is 0 Å². The largest absolute Gasteiger partial charge is 0.307 e. The topological polar surface area (TPSA) is 24.9 Å². The number of nitrogens with zero attached hydrogens (tertiary/aromatic N) is 1. The van der Waals surface area contributed by atoms with Gasteiger partial charge in [0.05, 0.1) is 0 Å². The first-order valence-electron chi connectivity index (χ1n) is 6.14. The third-order valence-corrected chi connectivity index (χ3v) is 4.22. The molecule has 0 saturated carbocycles. The Morgan fingerprint density at radius 2 is 2.06 bits per heavy atom. The molecule has 1 saturated heterocycles. The zero-order chi connectivity index (χ0) is 11.2. The maximum absolute atomic E-state index is 4.08. The highest BCUT2D eigenvalue weighted by Crippen LogP contribution is 2.22. The van der Waals surface area contributed by atoms with Crippen LogP contribution < -0.4 is 5.32 Å². The van der Waals surface area contributed by atoms with Gasteiger partial charge in [0.25, 0.3) is 0 Å². The van der Waals surface area contributed by atoms with E-state index in [2.05, 4.69) is 41.1 Å². The summed E-state index contributed by atoms with van der Waals surface area (Å²) < 4.78 is 0. The number of pyridine rings is 1. The van der Waals surface area contributed by atoms with Crippen LogP contribution in [0.4, 0.5) is 0 Å². The Labute approximate surface area is 102 Å². The van der Waals surface area contributed by atoms with E-state index in [0.717, 1.165) is 6.42 Å². The van der Waals surface area contributed by atoms with Gasteiger partial charge in [-0.2, -0.15) is 11.8 Å². The number of rotatable bonds is 4. The van der Waals surface area contributed by atoms with Crippen molar-refractivity contribution in [3.05, 3.63) is 30.1 Å². The Balaban J connectivity index is 1.94. The van der Waals surface area contributed by atoms with Gasteiger partial charge < -0.3 is 5.32 Å². The van der Waals surface area contributed by atoms with E-state index in [-0.39, 0.29) is 0 Å². The molecule has 88 valence electrons. The van der Waals surface area contributed by atoms with E-state index in [4.69, 9.17) is 0 Å². The van der Waals surface area contributed by atoms with E-state index < -0.39 is 0 Å². The first kappa shape index (κ1) is 11.9.